The average Bonchev–Trinajstić information content (AvgIpc) is 4.00. The number of nitrogens with zero attached hydrogens (tertiary/aromatic N) is 4. The third-order valence-electron chi connectivity index (χ3n) is 13.2. The minimum absolute atomic E-state index is 0.359. The summed E-state index contributed by atoms with van der Waals surface area (Å²) in [4.78, 5) is 19.1. The van der Waals surface area contributed by atoms with E-state index in [-0.39, 0.29) is 5.41 Å². The minimum Gasteiger partial charge on any atom is -0.238 e. The summed E-state index contributed by atoms with van der Waals surface area (Å²) in [6, 6.07) is 73.6. The summed E-state index contributed by atoms with van der Waals surface area (Å²) in [5.41, 5.74) is 18.2. The first kappa shape index (κ1) is 36.4. The monoisotopic (exact) mass is 830 g/mol. The summed E-state index contributed by atoms with van der Waals surface area (Å²) in [7, 11) is 0. The topological polar surface area (TPSA) is 43.0 Å². The van der Waals surface area contributed by atoms with E-state index >= 15 is 0 Å². The molecule has 1 spiro atoms. The molecule has 13 rings (SSSR count). The number of hydrogen-bond donors (Lipinski definition) is 0. The molecule has 4 nitrogen and oxygen atoms in total. The van der Waals surface area contributed by atoms with E-state index < -0.39 is 0 Å². The van der Waals surface area contributed by atoms with Crippen LogP contribution >= 0.6 is 11.3 Å². The fourth-order valence-electron chi connectivity index (χ4n) is 10.4. The largest absolute Gasteiger partial charge is 0.238 e. The molecule has 0 aliphatic heterocycles. The molecule has 11 aromatic rings. The Morgan fingerprint density at radius 3 is 1.53 bits per heavy atom. The van der Waals surface area contributed by atoms with Gasteiger partial charge in [-0.2, -0.15) is 0 Å². The maximum absolute atomic E-state index is 7.60. The molecule has 5 heteroatoms. The number of thiophene rings is 1. The van der Waals surface area contributed by atoms with Crippen LogP contribution in [0.1, 0.15) is 22.3 Å². The Labute approximate surface area is 374 Å². The highest BCUT2D eigenvalue weighted by atomic mass is 32.1. The number of hydrogen-bond acceptors (Lipinski definition) is 4. The van der Waals surface area contributed by atoms with Gasteiger partial charge in [0, 0.05) is 26.1 Å². The summed E-state index contributed by atoms with van der Waals surface area (Å²) in [5, 5.41) is 2.16. The lowest BCUT2D eigenvalue weighted by molar-refractivity contribution is 0.794. The molecule has 0 radical (unpaired) electrons. The molecule has 0 saturated carbocycles. The zero-order valence-corrected chi connectivity index (χ0v) is 35.1. The van der Waals surface area contributed by atoms with Gasteiger partial charge in [-0.3, -0.25) is 0 Å². The van der Waals surface area contributed by atoms with Gasteiger partial charge in [-0.15, -0.1) is 11.3 Å². The maximum Gasteiger partial charge on any atom is 0.187 e. The first-order valence-corrected chi connectivity index (χ1v) is 22.3. The molecule has 0 atom stereocenters. The van der Waals surface area contributed by atoms with E-state index in [0.29, 0.717) is 23.2 Å². The lowest BCUT2D eigenvalue weighted by Crippen LogP contribution is -2.25. The number of rotatable bonds is 5. The second-order valence-corrected chi connectivity index (χ2v) is 17.6. The zero-order chi connectivity index (χ0) is 42.4. The van der Waals surface area contributed by atoms with E-state index in [2.05, 4.69) is 163 Å². The molecule has 64 heavy (non-hydrogen) atoms. The normalized spacial score (nSPS) is 12.8. The van der Waals surface area contributed by atoms with Gasteiger partial charge in [-0.25, -0.2) is 19.8 Å². The van der Waals surface area contributed by atoms with Crippen molar-refractivity contribution < 1.29 is 0 Å². The highest BCUT2D eigenvalue weighted by molar-refractivity contribution is 7.26. The second-order valence-electron chi connectivity index (χ2n) is 16.6. The van der Waals surface area contributed by atoms with Crippen LogP contribution in [-0.4, -0.2) is 15.0 Å². The van der Waals surface area contributed by atoms with Crippen LogP contribution in [0.25, 0.3) is 104 Å². The van der Waals surface area contributed by atoms with E-state index in [0.717, 1.165) is 53.6 Å². The molecular formula is C59H34N4S. The van der Waals surface area contributed by atoms with E-state index in [1.807, 2.05) is 48.5 Å². The smallest absolute Gasteiger partial charge is 0.187 e. The van der Waals surface area contributed by atoms with Gasteiger partial charge >= 0.3 is 0 Å². The van der Waals surface area contributed by atoms with Crippen LogP contribution in [0.2, 0.25) is 0 Å². The SMILES string of the molecule is [C-]#[N+]c1ccc2sc3c(-c4nc(-c5ccccc5)nc(-c5cccc(-c6cccc(-c7ccc8c(c7)-c7ccccc7C87c8ccccc8-c8ccccc87)c6)c5)n4)cccc3c2c1. The van der Waals surface area contributed by atoms with Crippen LogP contribution in [0.4, 0.5) is 5.69 Å². The predicted octanol–water partition coefficient (Wildman–Crippen LogP) is 15.5. The van der Waals surface area contributed by atoms with Gasteiger partial charge in [-0.05, 0) is 108 Å². The van der Waals surface area contributed by atoms with E-state index in [1.165, 1.54) is 50.1 Å². The van der Waals surface area contributed by atoms with E-state index in [9.17, 15) is 0 Å². The summed E-state index contributed by atoms with van der Waals surface area (Å²) in [5.74, 6) is 1.84. The highest BCUT2D eigenvalue weighted by Gasteiger charge is 2.51. The van der Waals surface area contributed by atoms with Crippen LogP contribution in [0, 0.1) is 6.57 Å². The summed E-state index contributed by atoms with van der Waals surface area (Å²) < 4.78 is 2.21. The molecule has 9 aromatic carbocycles. The minimum atomic E-state index is -0.359. The number of fused-ring (bicyclic) bond motifs is 13. The molecule has 2 heterocycles. The Hall–Kier alpha value is -8.30. The van der Waals surface area contributed by atoms with Gasteiger partial charge in [0.1, 0.15) is 0 Å². The number of aromatic nitrogens is 3. The molecule has 0 saturated heterocycles. The standard InChI is InChI=1S/C59H34N4S/c1-60-42-29-31-54-49(35-42)46-23-13-24-47(55(46)64-54)58-62-56(36-14-3-2-4-15-36)61-57(63-58)41-19-12-18-39(33-41)37-16-11-17-38(32-37)40-28-30-53-48(34-40)45-22-7-10-27-52(45)59(53)50-25-8-5-20-43(50)44-21-6-9-26-51(44)59/h2-35H. The van der Waals surface area contributed by atoms with Crippen LogP contribution in [0.3, 0.4) is 0 Å². The van der Waals surface area contributed by atoms with E-state index in [4.69, 9.17) is 21.5 Å². The molecular weight excluding hydrogens is 797 g/mol. The van der Waals surface area contributed by atoms with Gasteiger partial charge in [0.25, 0.3) is 0 Å². The molecule has 0 N–H and O–H groups in total. The van der Waals surface area contributed by atoms with Gasteiger partial charge in [0.2, 0.25) is 0 Å². The van der Waals surface area contributed by atoms with Crippen molar-refractivity contribution in [2.75, 3.05) is 0 Å². The van der Waals surface area contributed by atoms with Crippen LogP contribution in [-0.2, 0) is 5.41 Å². The van der Waals surface area contributed by atoms with Gasteiger partial charge < -0.3 is 0 Å². The summed E-state index contributed by atoms with van der Waals surface area (Å²) in [6.45, 7) is 7.60. The Kier molecular flexibility index (Phi) is 8.02. The van der Waals surface area contributed by atoms with Gasteiger partial charge in [0.05, 0.1) is 12.0 Å². The van der Waals surface area contributed by atoms with Crippen molar-refractivity contribution in [2.24, 2.45) is 0 Å². The van der Waals surface area contributed by atoms with Gasteiger partial charge in [0.15, 0.2) is 23.2 Å². The first-order chi connectivity index (χ1) is 31.7. The molecule has 0 fully saturated rings. The van der Waals surface area contributed by atoms with Crippen LogP contribution in [0.15, 0.2) is 206 Å². The van der Waals surface area contributed by atoms with E-state index in [1.54, 1.807) is 11.3 Å². The summed E-state index contributed by atoms with van der Waals surface area (Å²) >= 11 is 1.70. The fourth-order valence-corrected chi connectivity index (χ4v) is 11.6. The third-order valence-corrected chi connectivity index (χ3v) is 14.4. The van der Waals surface area contributed by atoms with Crippen molar-refractivity contribution in [3.63, 3.8) is 0 Å². The maximum atomic E-state index is 7.60. The average molecular weight is 831 g/mol. The van der Waals surface area contributed by atoms with Crippen molar-refractivity contribution in [3.05, 3.63) is 240 Å². The second kappa shape index (κ2) is 14.1. The van der Waals surface area contributed by atoms with Crippen molar-refractivity contribution in [1.29, 1.82) is 0 Å². The van der Waals surface area contributed by atoms with Crippen molar-refractivity contribution in [1.82, 2.24) is 15.0 Å². The summed E-state index contributed by atoms with van der Waals surface area (Å²) in [6.07, 6.45) is 0. The Morgan fingerprint density at radius 2 is 0.859 bits per heavy atom. The molecule has 2 aromatic heterocycles. The van der Waals surface area contributed by atoms with Crippen molar-refractivity contribution in [2.45, 2.75) is 5.41 Å². The Morgan fingerprint density at radius 1 is 0.359 bits per heavy atom. The first-order valence-electron chi connectivity index (χ1n) is 21.5. The predicted molar refractivity (Wildman–Crippen MR) is 262 cm³/mol. The Bertz CT molecular complexity index is 3720. The molecule has 296 valence electrons. The molecule has 0 bridgehead atoms. The lowest BCUT2D eigenvalue weighted by Gasteiger charge is -2.30. The highest BCUT2D eigenvalue weighted by Crippen LogP contribution is 2.63. The molecule has 0 amide bonds. The van der Waals surface area contributed by atoms with Crippen LogP contribution < -0.4 is 0 Å². The zero-order valence-electron chi connectivity index (χ0n) is 34.3. The van der Waals surface area contributed by atoms with Crippen molar-refractivity contribution >= 4 is 37.2 Å². The van der Waals surface area contributed by atoms with Gasteiger partial charge in [-0.1, -0.05) is 176 Å². The lowest BCUT2D eigenvalue weighted by atomic mass is 9.70. The Balaban J connectivity index is 0.912. The quantitative estimate of drug-likeness (QED) is 0.162. The number of benzene rings is 9. The molecule has 2 aliphatic rings. The fraction of sp³-hybridized carbons (Fsp3) is 0.0169. The van der Waals surface area contributed by atoms with Crippen molar-refractivity contribution in [3.8, 4) is 78.7 Å². The molecule has 2 aliphatic carbocycles. The molecule has 0 unspecified atom stereocenters. The third kappa shape index (κ3) is 5.37. The van der Waals surface area contributed by atoms with Crippen LogP contribution in [0.5, 0.6) is 0 Å².